The first-order valence-electron chi connectivity index (χ1n) is 14.0. The lowest BCUT2D eigenvalue weighted by atomic mass is 9.83. The van der Waals surface area contributed by atoms with E-state index in [2.05, 4.69) is 15.6 Å². The molecule has 0 saturated heterocycles. The largest absolute Gasteiger partial charge is 0.360 e. The first-order chi connectivity index (χ1) is 19.5. The van der Waals surface area contributed by atoms with Crippen LogP contribution in [0.25, 0.3) is 10.9 Å². The van der Waals surface area contributed by atoms with Gasteiger partial charge in [0, 0.05) is 43.2 Å². The Kier molecular flexibility index (Phi) is 8.59. The summed E-state index contributed by atoms with van der Waals surface area (Å²) in [6, 6.07) is 26.2. The van der Waals surface area contributed by atoms with Crippen LogP contribution in [-0.2, 0) is 22.6 Å². The van der Waals surface area contributed by atoms with E-state index in [-0.39, 0.29) is 23.8 Å². The Balaban J connectivity index is 1.31. The molecule has 0 bridgehead atoms. The van der Waals surface area contributed by atoms with Crippen LogP contribution in [0.5, 0.6) is 0 Å². The van der Waals surface area contributed by atoms with Gasteiger partial charge in [0.2, 0.25) is 11.8 Å². The Morgan fingerprint density at radius 2 is 1.52 bits per heavy atom. The maximum Gasteiger partial charge on any atom is 0.253 e. The standard InChI is InChI=1S/C33H36N4O3/c1-37(22-24-14-6-3-7-15-24)33(40)30(20-23-12-4-2-5-13-23)36-31(38)26-17-9-11-19-29(26)35-32(39)27-21-34-28-18-10-8-16-25(27)28/h2-8,10,12-16,18,21,26,29-30,34H,9,11,17,19-20,22H2,1H3,(H,35,39)(H,36,38)/t26-,29+,30-/m0/s1. The van der Waals surface area contributed by atoms with E-state index in [1.54, 1.807) is 18.1 Å². The lowest BCUT2D eigenvalue weighted by Gasteiger charge is -2.33. The minimum atomic E-state index is -0.712. The molecule has 1 aliphatic rings. The fraction of sp³-hybridized carbons (Fsp3) is 0.303. The van der Waals surface area contributed by atoms with Gasteiger partial charge < -0.3 is 20.5 Å². The van der Waals surface area contributed by atoms with Crippen molar-refractivity contribution < 1.29 is 14.4 Å². The van der Waals surface area contributed by atoms with E-state index in [4.69, 9.17) is 0 Å². The van der Waals surface area contributed by atoms with Crippen LogP contribution in [-0.4, -0.2) is 46.7 Å². The van der Waals surface area contributed by atoms with Gasteiger partial charge in [-0.25, -0.2) is 0 Å². The summed E-state index contributed by atoms with van der Waals surface area (Å²) in [5.74, 6) is -0.933. The van der Waals surface area contributed by atoms with E-state index < -0.39 is 12.0 Å². The van der Waals surface area contributed by atoms with Crippen molar-refractivity contribution >= 4 is 28.6 Å². The van der Waals surface area contributed by atoms with E-state index in [0.29, 0.717) is 24.9 Å². The highest BCUT2D eigenvalue weighted by Gasteiger charge is 2.35. The molecule has 3 aromatic carbocycles. The number of aromatic amines is 1. The van der Waals surface area contributed by atoms with Crippen molar-refractivity contribution in [3.8, 4) is 0 Å². The molecule has 0 radical (unpaired) electrons. The molecule has 4 aromatic rings. The zero-order valence-corrected chi connectivity index (χ0v) is 22.8. The van der Waals surface area contributed by atoms with Gasteiger partial charge >= 0.3 is 0 Å². The molecule has 7 heteroatoms. The second-order valence-electron chi connectivity index (χ2n) is 10.6. The van der Waals surface area contributed by atoms with Gasteiger partial charge in [-0.3, -0.25) is 14.4 Å². The van der Waals surface area contributed by atoms with Crippen molar-refractivity contribution in [1.82, 2.24) is 20.5 Å². The number of carbonyl (C=O) groups is 3. The molecule has 206 valence electrons. The van der Waals surface area contributed by atoms with Gasteiger partial charge in [-0.1, -0.05) is 91.7 Å². The molecule has 40 heavy (non-hydrogen) atoms. The molecule has 1 aromatic heterocycles. The van der Waals surface area contributed by atoms with E-state index in [1.807, 2.05) is 84.9 Å². The van der Waals surface area contributed by atoms with Crippen LogP contribution >= 0.6 is 0 Å². The molecule has 0 unspecified atom stereocenters. The number of para-hydroxylation sites is 1. The number of rotatable bonds is 9. The number of nitrogens with one attached hydrogen (secondary N) is 3. The van der Waals surface area contributed by atoms with Crippen LogP contribution in [0.1, 0.15) is 47.2 Å². The number of likely N-dealkylation sites (N-methyl/N-ethyl adjacent to an activating group) is 1. The van der Waals surface area contributed by atoms with Crippen molar-refractivity contribution in [3.63, 3.8) is 0 Å². The summed E-state index contributed by atoms with van der Waals surface area (Å²) < 4.78 is 0. The molecular formula is C33H36N4O3. The van der Waals surface area contributed by atoms with Gasteiger partial charge in [0.15, 0.2) is 0 Å². The number of nitrogens with zero attached hydrogens (tertiary/aromatic N) is 1. The zero-order chi connectivity index (χ0) is 27.9. The average Bonchev–Trinajstić information content (AvgIpc) is 3.42. The van der Waals surface area contributed by atoms with Crippen LogP contribution in [0.3, 0.4) is 0 Å². The predicted octanol–water partition coefficient (Wildman–Crippen LogP) is 4.84. The molecule has 3 amide bonds. The number of benzene rings is 3. The number of fused-ring (bicyclic) bond motifs is 1. The summed E-state index contributed by atoms with van der Waals surface area (Å²) in [5, 5.41) is 7.07. The van der Waals surface area contributed by atoms with E-state index in [0.717, 1.165) is 41.3 Å². The zero-order valence-electron chi connectivity index (χ0n) is 22.8. The van der Waals surface area contributed by atoms with Crippen LogP contribution in [0.4, 0.5) is 0 Å². The topological polar surface area (TPSA) is 94.3 Å². The fourth-order valence-corrected chi connectivity index (χ4v) is 5.65. The Labute approximate surface area is 235 Å². The molecule has 5 rings (SSSR count). The molecule has 0 aliphatic heterocycles. The maximum absolute atomic E-state index is 13.7. The summed E-state index contributed by atoms with van der Waals surface area (Å²) in [6.45, 7) is 0.452. The second kappa shape index (κ2) is 12.6. The molecule has 1 fully saturated rings. The van der Waals surface area contributed by atoms with E-state index in [9.17, 15) is 14.4 Å². The highest BCUT2D eigenvalue weighted by Crippen LogP contribution is 2.26. The van der Waals surface area contributed by atoms with Crippen LogP contribution < -0.4 is 10.6 Å². The van der Waals surface area contributed by atoms with Crippen molar-refractivity contribution in [1.29, 1.82) is 0 Å². The molecule has 1 heterocycles. The predicted molar refractivity (Wildman–Crippen MR) is 157 cm³/mol. The van der Waals surface area contributed by atoms with Crippen molar-refractivity contribution in [2.45, 2.75) is 50.7 Å². The number of H-pyrrole nitrogens is 1. The van der Waals surface area contributed by atoms with Crippen molar-refractivity contribution in [2.75, 3.05) is 7.05 Å². The monoisotopic (exact) mass is 536 g/mol. The summed E-state index contributed by atoms with van der Waals surface area (Å²) in [6.07, 6.45) is 5.34. The Morgan fingerprint density at radius 3 is 2.27 bits per heavy atom. The normalized spacial score (nSPS) is 17.6. The number of carbonyl (C=O) groups excluding carboxylic acids is 3. The van der Waals surface area contributed by atoms with E-state index >= 15 is 0 Å². The average molecular weight is 537 g/mol. The highest BCUT2D eigenvalue weighted by molar-refractivity contribution is 6.07. The quantitative estimate of drug-likeness (QED) is 0.286. The lowest BCUT2D eigenvalue weighted by Crippen LogP contribution is -2.54. The molecule has 0 spiro atoms. The Morgan fingerprint density at radius 1 is 0.875 bits per heavy atom. The van der Waals surface area contributed by atoms with Crippen molar-refractivity contribution in [3.05, 3.63) is 108 Å². The molecule has 1 aliphatic carbocycles. The minimum absolute atomic E-state index is 0.142. The third-order valence-corrected chi connectivity index (χ3v) is 7.79. The van der Waals surface area contributed by atoms with Gasteiger partial charge in [-0.15, -0.1) is 0 Å². The van der Waals surface area contributed by atoms with Gasteiger partial charge in [0.25, 0.3) is 5.91 Å². The Bertz CT molecular complexity index is 1450. The maximum atomic E-state index is 13.7. The van der Waals surface area contributed by atoms with Crippen LogP contribution in [0, 0.1) is 5.92 Å². The van der Waals surface area contributed by atoms with Gasteiger partial charge in [-0.05, 0) is 30.0 Å². The molecular weight excluding hydrogens is 500 g/mol. The van der Waals surface area contributed by atoms with E-state index in [1.165, 1.54) is 0 Å². The summed E-state index contributed by atoms with van der Waals surface area (Å²) in [7, 11) is 1.77. The molecule has 7 nitrogen and oxygen atoms in total. The van der Waals surface area contributed by atoms with Crippen molar-refractivity contribution in [2.24, 2.45) is 5.92 Å². The SMILES string of the molecule is CN(Cc1ccccc1)C(=O)[C@H](Cc1ccccc1)NC(=O)[C@H]1CCCC[C@H]1NC(=O)c1c[nH]c2ccccc12. The smallest absolute Gasteiger partial charge is 0.253 e. The first-order valence-corrected chi connectivity index (χ1v) is 14.0. The summed E-state index contributed by atoms with van der Waals surface area (Å²) >= 11 is 0. The molecule has 1 saturated carbocycles. The number of hydrogen-bond acceptors (Lipinski definition) is 3. The lowest BCUT2D eigenvalue weighted by molar-refractivity contribution is -0.137. The third kappa shape index (κ3) is 6.42. The Hall–Kier alpha value is -4.39. The molecule has 3 N–H and O–H groups in total. The van der Waals surface area contributed by atoms with Crippen LogP contribution in [0.2, 0.25) is 0 Å². The second-order valence-corrected chi connectivity index (χ2v) is 10.6. The third-order valence-electron chi connectivity index (χ3n) is 7.79. The number of amides is 3. The van der Waals surface area contributed by atoms with Gasteiger partial charge in [0.1, 0.15) is 6.04 Å². The summed E-state index contributed by atoms with van der Waals surface area (Å²) in [4.78, 5) is 45.5. The van der Waals surface area contributed by atoms with Gasteiger partial charge in [-0.2, -0.15) is 0 Å². The fourth-order valence-electron chi connectivity index (χ4n) is 5.65. The summed E-state index contributed by atoms with van der Waals surface area (Å²) in [5.41, 5.74) is 3.46. The molecule has 3 atom stereocenters. The minimum Gasteiger partial charge on any atom is -0.360 e. The first kappa shape index (κ1) is 27.2. The number of hydrogen-bond donors (Lipinski definition) is 3. The number of aromatic nitrogens is 1. The van der Waals surface area contributed by atoms with Gasteiger partial charge in [0.05, 0.1) is 11.5 Å². The highest BCUT2D eigenvalue weighted by atomic mass is 16.2. The van der Waals surface area contributed by atoms with Crippen LogP contribution in [0.15, 0.2) is 91.1 Å².